The van der Waals surface area contributed by atoms with Gasteiger partial charge in [0.1, 0.15) is 17.4 Å². The third kappa shape index (κ3) is 3.99. The molecule has 1 amide bonds. The first kappa shape index (κ1) is 21.7. The van der Waals surface area contributed by atoms with Gasteiger partial charge in [0.15, 0.2) is 5.17 Å². The van der Waals surface area contributed by atoms with Crippen molar-refractivity contribution in [2.75, 3.05) is 6.61 Å². The highest BCUT2D eigenvalue weighted by Gasteiger charge is 2.36. The molecule has 1 aromatic heterocycles. The maximum Gasteiger partial charge on any atom is 0.338 e. The van der Waals surface area contributed by atoms with Crippen LogP contribution in [-0.2, 0) is 9.53 Å². The van der Waals surface area contributed by atoms with Gasteiger partial charge in [-0.1, -0.05) is 54.2 Å². The van der Waals surface area contributed by atoms with Crippen molar-refractivity contribution in [2.24, 2.45) is 4.99 Å². The average molecular weight is 470 g/mol. The highest BCUT2D eigenvalue weighted by molar-refractivity contribution is 8.17. The summed E-state index contributed by atoms with van der Waals surface area (Å²) in [5, 5.41) is 11.1. The van der Waals surface area contributed by atoms with Crippen LogP contribution in [0.25, 0.3) is 23.1 Å². The number of amides is 1. The van der Waals surface area contributed by atoms with Gasteiger partial charge in [-0.25, -0.2) is 4.79 Å². The third-order valence-corrected chi connectivity index (χ3v) is 6.10. The number of aliphatic imine (C=N–C) groups is 1. The molecule has 0 saturated heterocycles. The minimum atomic E-state index is -0.483. The van der Waals surface area contributed by atoms with Crippen molar-refractivity contribution in [1.29, 1.82) is 5.41 Å². The molecule has 2 aromatic carbocycles. The molecule has 2 aliphatic rings. The Balaban J connectivity index is 1.40. The number of carbonyl (C=O) groups is 2. The monoisotopic (exact) mass is 469 g/mol. The van der Waals surface area contributed by atoms with Crippen LogP contribution >= 0.6 is 11.8 Å². The Bertz CT molecular complexity index is 1380. The molecule has 1 N–H and O–H groups in total. The van der Waals surface area contributed by atoms with E-state index in [1.165, 1.54) is 17.8 Å². The van der Waals surface area contributed by atoms with Gasteiger partial charge in [0.2, 0.25) is 0 Å². The molecule has 0 fully saturated rings. The van der Waals surface area contributed by atoms with Gasteiger partial charge >= 0.3 is 5.97 Å². The molecule has 0 spiro atoms. The number of ether oxygens (including phenoxy) is 1. The van der Waals surface area contributed by atoms with E-state index in [-0.39, 0.29) is 17.4 Å². The van der Waals surface area contributed by atoms with Crippen LogP contribution < -0.4 is 0 Å². The number of amidine groups is 2. The van der Waals surface area contributed by atoms with Crippen LogP contribution in [-0.4, -0.2) is 34.4 Å². The Morgan fingerprint density at radius 1 is 1.09 bits per heavy atom. The summed E-state index contributed by atoms with van der Waals surface area (Å²) in [5.74, 6) is 0.184. The largest absolute Gasteiger partial charge is 0.462 e. The van der Waals surface area contributed by atoms with Crippen molar-refractivity contribution < 1.29 is 18.7 Å². The van der Waals surface area contributed by atoms with Gasteiger partial charge in [0, 0.05) is 11.0 Å². The Labute approximate surface area is 199 Å². The average Bonchev–Trinajstić information content (AvgIpc) is 3.50. The van der Waals surface area contributed by atoms with E-state index in [2.05, 4.69) is 4.99 Å². The second kappa shape index (κ2) is 8.99. The lowest BCUT2D eigenvalue weighted by Gasteiger charge is -2.26. The number of hydrogen-bond donors (Lipinski definition) is 1. The molecule has 2 aliphatic heterocycles. The molecule has 0 atom stereocenters. The zero-order chi connectivity index (χ0) is 23.7. The molecule has 3 heterocycles. The van der Waals surface area contributed by atoms with E-state index >= 15 is 0 Å². The zero-order valence-corrected chi connectivity index (χ0v) is 19.0. The van der Waals surface area contributed by atoms with Crippen LogP contribution in [0.2, 0.25) is 0 Å². The minimum Gasteiger partial charge on any atom is -0.462 e. The van der Waals surface area contributed by atoms with Crippen LogP contribution in [0.5, 0.6) is 0 Å². The van der Waals surface area contributed by atoms with Gasteiger partial charge in [-0.2, -0.15) is 4.99 Å². The van der Waals surface area contributed by atoms with E-state index in [1.54, 1.807) is 48.2 Å². The number of carbonyl (C=O) groups excluding carboxylic acids is 2. The number of esters is 1. The number of fused-ring (bicyclic) bond motifs is 1. The predicted octanol–water partition coefficient (Wildman–Crippen LogP) is 5.43. The third-order valence-electron chi connectivity index (χ3n) is 5.28. The fraction of sp³-hybridized carbons (Fsp3) is 0.0769. The molecule has 34 heavy (non-hydrogen) atoms. The highest BCUT2D eigenvalue weighted by atomic mass is 32.2. The fourth-order valence-corrected chi connectivity index (χ4v) is 4.52. The van der Waals surface area contributed by atoms with Gasteiger partial charge in [-0.15, -0.1) is 0 Å². The molecular weight excluding hydrogens is 450 g/mol. The first-order valence-electron chi connectivity index (χ1n) is 10.6. The topological polar surface area (TPSA) is 96.0 Å². The molecule has 0 bridgehead atoms. The lowest BCUT2D eigenvalue weighted by atomic mass is 10.1. The SMILES string of the molecule is CCOC(=O)c1ccc(-c2ccc(/C=C3\C(=N)N4C(c5ccccc5)=CSC4=NC3=O)o2)cc1. The molecule has 0 unspecified atom stereocenters. The standard InChI is InChI=1S/C26H19N3O4S/c1-2-32-25(31)18-10-8-17(9-11-18)22-13-12-19(33-22)14-20-23(27)29-21(16-6-4-3-5-7-16)15-34-26(29)28-24(20)30/h3-15,27H,2H2,1H3/b20-14+,27-23?. The van der Waals surface area contributed by atoms with Gasteiger partial charge in [-0.05, 0) is 42.8 Å². The first-order valence-corrected chi connectivity index (χ1v) is 11.5. The molecule has 5 rings (SSSR count). The summed E-state index contributed by atoms with van der Waals surface area (Å²) in [6.07, 6.45) is 1.53. The summed E-state index contributed by atoms with van der Waals surface area (Å²) < 4.78 is 10.9. The van der Waals surface area contributed by atoms with Crippen molar-refractivity contribution in [3.63, 3.8) is 0 Å². The first-order chi connectivity index (χ1) is 16.5. The lowest BCUT2D eigenvalue weighted by Crippen LogP contribution is -2.37. The van der Waals surface area contributed by atoms with E-state index in [0.29, 0.717) is 28.9 Å². The van der Waals surface area contributed by atoms with Gasteiger partial charge in [-0.3, -0.25) is 15.1 Å². The van der Waals surface area contributed by atoms with E-state index in [9.17, 15) is 9.59 Å². The summed E-state index contributed by atoms with van der Waals surface area (Å²) in [6, 6.07) is 20.1. The number of thioether (sulfide) groups is 1. The van der Waals surface area contributed by atoms with E-state index in [0.717, 1.165) is 16.8 Å². The zero-order valence-electron chi connectivity index (χ0n) is 18.1. The predicted molar refractivity (Wildman–Crippen MR) is 132 cm³/mol. The van der Waals surface area contributed by atoms with Crippen molar-refractivity contribution in [2.45, 2.75) is 6.92 Å². The number of furan rings is 1. The lowest BCUT2D eigenvalue weighted by molar-refractivity contribution is -0.114. The second-order valence-corrected chi connectivity index (χ2v) is 8.26. The van der Waals surface area contributed by atoms with Crippen LogP contribution in [0, 0.1) is 5.41 Å². The fourth-order valence-electron chi connectivity index (χ4n) is 3.63. The van der Waals surface area contributed by atoms with Gasteiger partial charge < -0.3 is 9.15 Å². The summed E-state index contributed by atoms with van der Waals surface area (Å²) in [5.41, 5.74) is 3.11. The molecule has 0 radical (unpaired) electrons. The molecule has 0 aliphatic carbocycles. The van der Waals surface area contributed by atoms with Crippen molar-refractivity contribution in [3.05, 3.63) is 94.6 Å². The van der Waals surface area contributed by atoms with Crippen molar-refractivity contribution >= 4 is 46.4 Å². The van der Waals surface area contributed by atoms with Crippen LogP contribution in [0.1, 0.15) is 28.6 Å². The number of nitrogens with one attached hydrogen (secondary N) is 1. The maximum absolute atomic E-state index is 12.7. The van der Waals surface area contributed by atoms with Crippen molar-refractivity contribution in [3.8, 4) is 11.3 Å². The molecule has 7 nitrogen and oxygen atoms in total. The summed E-state index contributed by atoms with van der Waals surface area (Å²) in [4.78, 5) is 30.4. The van der Waals surface area contributed by atoms with E-state index in [1.807, 2.05) is 35.7 Å². The molecular formula is C26H19N3O4S. The number of rotatable bonds is 5. The second-order valence-electron chi connectivity index (χ2n) is 7.43. The quantitative estimate of drug-likeness (QED) is 0.396. The van der Waals surface area contributed by atoms with Crippen LogP contribution in [0.4, 0.5) is 0 Å². The Morgan fingerprint density at radius 3 is 2.59 bits per heavy atom. The van der Waals surface area contributed by atoms with Crippen molar-refractivity contribution in [1.82, 2.24) is 4.90 Å². The summed E-state index contributed by atoms with van der Waals surface area (Å²) in [7, 11) is 0. The number of benzene rings is 2. The molecule has 3 aromatic rings. The smallest absolute Gasteiger partial charge is 0.338 e. The van der Waals surface area contributed by atoms with Crippen LogP contribution in [0.15, 0.2) is 87.1 Å². The molecule has 8 heteroatoms. The Kier molecular flexibility index (Phi) is 5.73. The highest BCUT2D eigenvalue weighted by Crippen LogP contribution is 2.37. The summed E-state index contributed by atoms with van der Waals surface area (Å²) in [6.45, 7) is 2.07. The normalized spacial score (nSPS) is 16.4. The summed E-state index contributed by atoms with van der Waals surface area (Å²) >= 11 is 1.32. The number of hydrogen-bond acceptors (Lipinski definition) is 6. The van der Waals surface area contributed by atoms with Gasteiger partial charge in [0.25, 0.3) is 5.91 Å². The molecule has 0 saturated carbocycles. The molecule has 168 valence electrons. The van der Waals surface area contributed by atoms with E-state index in [4.69, 9.17) is 14.6 Å². The maximum atomic E-state index is 12.7. The van der Waals surface area contributed by atoms with Crippen LogP contribution in [0.3, 0.4) is 0 Å². The Morgan fingerprint density at radius 2 is 1.85 bits per heavy atom. The Hall–Kier alpha value is -4.17. The van der Waals surface area contributed by atoms with Gasteiger partial charge in [0.05, 0.1) is 23.4 Å². The van der Waals surface area contributed by atoms with E-state index < -0.39 is 5.91 Å². The minimum absolute atomic E-state index is 0.0480. The number of nitrogens with zero attached hydrogens (tertiary/aromatic N) is 2.